The van der Waals surface area contributed by atoms with Crippen LogP contribution < -0.4 is 10.2 Å². The average molecular weight is 669 g/mol. The lowest BCUT2D eigenvalue weighted by atomic mass is 9.70. The topological polar surface area (TPSA) is 125 Å². The van der Waals surface area contributed by atoms with Crippen molar-refractivity contribution < 1.29 is 33.8 Å². The molecule has 1 spiro atoms. The van der Waals surface area contributed by atoms with E-state index < -0.39 is 47.6 Å². The lowest BCUT2D eigenvalue weighted by Gasteiger charge is -2.37. The van der Waals surface area contributed by atoms with Gasteiger partial charge in [-0.05, 0) is 42.7 Å². The molecular formula is C33H38BrN3O7. The van der Waals surface area contributed by atoms with E-state index in [1.54, 1.807) is 24.0 Å². The lowest BCUT2D eigenvalue weighted by Crippen LogP contribution is -2.57. The highest BCUT2D eigenvalue weighted by molar-refractivity contribution is 9.09. The number of anilines is 1. The predicted molar refractivity (Wildman–Crippen MR) is 169 cm³/mol. The highest BCUT2D eigenvalue weighted by atomic mass is 79.9. The highest BCUT2D eigenvalue weighted by Gasteiger charge is 2.77. The van der Waals surface area contributed by atoms with Gasteiger partial charge in [0.1, 0.15) is 17.7 Å². The molecule has 2 N–H and O–H groups in total. The van der Waals surface area contributed by atoms with Crippen LogP contribution in [0.25, 0.3) is 10.8 Å². The van der Waals surface area contributed by atoms with Gasteiger partial charge in [-0.25, -0.2) is 0 Å². The van der Waals surface area contributed by atoms with Gasteiger partial charge in [0, 0.05) is 30.0 Å². The van der Waals surface area contributed by atoms with E-state index in [1.165, 1.54) is 4.90 Å². The molecule has 3 heterocycles. The Kier molecular flexibility index (Phi) is 9.57. The SMILES string of the molecule is C=CCCC(=O)NC[C@H](C)OC(=O)[C@@H]1[C@H]2O[C@@]3(CC2Br)[C@H](C(=O)N(CC=C)c2ccc4ccccc4c2)N(CCO)C(=O)[C@@H]13. The van der Waals surface area contributed by atoms with E-state index in [-0.39, 0.29) is 49.3 Å². The molecular weight excluding hydrogens is 630 g/mol. The maximum absolute atomic E-state index is 14.6. The summed E-state index contributed by atoms with van der Waals surface area (Å²) < 4.78 is 12.3. The molecule has 3 aliphatic rings. The molecule has 0 radical (unpaired) electrons. The minimum absolute atomic E-state index is 0.0942. The molecule has 3 fully saturated rings. The van der Waals surface area contributed by atoms with Crippen molar-refractivity contribution in [1.82, 2.24) is 10.2 Å². The maximum atomic E-state index is 14.6. The molecule has 3 saturated heterocycles. The van der Waals surface area contributed by atoms with E-state index in [4.69, 9.17) is 9.47 Å². The Balaban J connectivity index is 1.43. The van der Waals surface area contributed by atoms with Crippen LogP contribution in [-0.4, -0.2) is 88.6 Å². The number of halogens is 1. The van der Waals surface area contributed by atoms with E-state index in [0.29, 0.717) is 18.5 Å². The van der Waals surface area contributed by atoms with Crippen molar-refractivity contribution >= 4 is 56.1 Å². The first kappa shape index (κ1) is 31.9. The molecule has 0 aromatic heterocycles. The van der Waals surface area contributed by atoms with Crippen LogP contribution in [0.3, 0.4) is 0 Å². The molecule has 7 atom stereocenters. The summed E-state index contributed by atoms with van der Waals surface area (Å²) >= 11 is 3.65. The van der Waals surface area contributed by atoms with Crippen molar-refractivity contribution in [3.63, 3.8) is 0 Å². The number of aliphatic hydroxyl groups is 1. The molecule has 3 amide bonds. The van der Waals surface area contributed by atoms with Crippen molar-refractivity contribution in [1.29, 1.82) is 0 Å². The summed E-state index contributed by atoms with van der Waals surface area (Å²) in [5.41, 5.74) is -0.669. The molecule has 11 heteroatoms. The zero-order chi connectivity index (χ0) is 31.6. The fourth-order valence-corrected chi connectivity index (χ4v) is 7.81. The van der Waals surface area contributed by atoms with Gasteiger partial charge in [-0.3, -0.25) is 19.2 Å². The number of rotatable bonds is 13. The number of nitrogens with one attached hydrogen (secondary N) is 1. The molecule has 5 rings (SSSR count). The number of aliphatic hydroxyl groups excluding tert-OH is 1. The summed E-state index contributed by atoms with van der Waals surface area (Å²) in [6.07, 6.45) is 3.07. The summed E-state index contributed by atoms with van der Waals surface area (Å²) in [5, 5.41) is 14.6. The molecule has 2 bridgehead atoms. The highest BCUT2D eigenvalue weighted by Crippen LogP contribution is 2.60. The number of nitrogens with zero attached hydrogens (tertiary/aromatic N) is 2. The number of carbonyl (C=O) groups is 4. The predicted octanol–water partition coefficient (Wildman–Crippen LogP) is 3.11. The number of β-amino-alcohol motifs (C(OH)–C–C–N with tert-alkyl or cyclic N) is 1. The van der Waals surface area contributed by atoms with Crippen LogP contribution in [0.1, 0.15) is 26.2 Å². The molecule has 3 aliphatic heterocycles. The van der Waals surface area contributed by atoms with Gasteiger partial charge in [0.05, 0.1) is 31.1 Å². The number of carbonyl (C=O) groups excluding carboxylic acids is 4. The van der Waals surface area contributed by atoms with Crippen LogP contribution in [0.15, 0.2) is 67.8 Å². The van der Waals surface area contributed by atoms with Crippen molar-refractivity contribution in [2.45, 2.75) is 54.9 Å². The normalized spacial score (nSPS) is 27.6. The Bertz CT molecular complexity index is 1470. The molecule has 10 nitrogen and oxygen atoms in total. The van der Waals surface area contributed by atoms with Gasteiger partial charge in [0.15, 0.2) is 0 Å². The smallest absolute Gasteiger partial charge is 0.312 e. The van der Waals surface area contributed by atoms with E-state index >= 15 is 0 Å². The number of hydrogen-bond donors (Lipinski definition) is 2. The zero-order valence-corrected chi connectivity index (χ0v) is 26.3. The largest absolute Gasteiger partial charge is 0.460 e. The molecule has 1 unspecified atom stereocenters. The Hall–Kier alpha value is -3.54. The van der Waals surface area contributed by atoms with E-state index in [1.807, 2.05) is 42.5 Å². The number of alkyl halides is 1. The number of hydrogen-bond acceptors (Lipinski definition) is 7. The third-order valence-corrected chi connectivity index (χ3v) is 9.58. The molecule has 0 aliphatic carbocycles. The van der Waals surface area contributed by atoms with Crippen LogP contribution in [0.5, 0.6) is 0 Å². The first-order valence-corrected chi connectivity index (χ1v) is 15.8. The lowest BCUT2D eigenvalue weighted by molar-refractivity contribution is -0.159. The van der Waals surface area contributed by atoms with Crippen molar-refractivity contribution in [3.05, 3.63) is 67.8 Å². The standard InChI is InChI=1S/C33H38BrN3O7/c1-4-6-11-25(39)35-19-20(3)43-32(42)26-27-30(40)37(15-16-38)29(33(27)18-24(34)28(26)44-33)31(41)36(14-5-2)23-13-12-21-9-7-8-10-22(21)17-23/h4-5,7-10,12-13,17,20,24,26-29,38H,1-2,6,11,14-16,18-19H2,3H3,(H,35,39)/t20-,24?,26-,27+,28-,29-,33+/m0/s1. The summed E-state index contributed by atoms with van der Waals surface area (Å²) in [7, 11) is 0. The fraction of sp³-hybridized carbons (Fsp3) is 0.455. The second-order valence-corrected chi connectivity index (χ2v) is 12.7. The Morgan fingerprint density at radius 2 is 1.98 bits per heavy atom. The maximum Gasteiger partial charge on any atom is 0.312 e. The quantitative estimate of drug-likeness (QED) is 0.191. The second-order valence-electron chi connectivity index (χ2n) is 11.6. The van der Waals surface area contributed by atoms with Gasteiger partial charge in [-0.1, -0.05) is 58.4 Å². The second kappa shape index (κ2) is 13.2. The Morgan fingerprint density at radius 1 is 1.23 bits per heavy atom. The Morgan fingerprint density at radius 3 is 2.68 bits per heavy atom. The molecule has 234 valence electrons. The summed E-state index contributed by atoms with van der Waals surface area (Å²) in [6, 6.07) is 12.4. The van der Waals surface area contributed by atoms with Gasteiger partial charge >= 0.3 is 5.97 Å². The first-order valence-electron chi connectivity index (χ1n) is 14.9. The molecule has 44 heavy (non-hydrogen) atoms. The van der Waals surface area contributed by atoms with Gasteiger partial charge in [0.2, 0.25) is 11.8 Å². The molecule has 0 saturated carbocycles. The van der Waals surface area contributed by atoms with Gasteiger partial charge in [-0.2, -0.15) is 0 Å². The number of fused-ring (bicyclic) bond motifs is 2. The van der Waals surface area contributed by atoms with Crippen LogP contribution in [0.2, 0.25) is 0 Å². The molecule has 2 aromatic carbocycles. The van der Waals surface area contributed by atoms with Crippen molar-refractivity contribution in [2.75, 3.05) is 31.1 Å². The summed E-state index contributed by atoms with van der Waals surface area (Å²) in [5.74, 6) is -3.55. The number of amides is 3. The zero-order valence-electron chi connectivity index (χ0n) is 24.7. The van der Waals surface area contributed by atoms with Crippen LogP contribution in [0, 0.1) is 11.8 Å². The van der Waals surface area contributed by atoms with Gasteiger partial charge < -0.3 is 29.7 Å². The van der Waals surface area contributed by atoms with E-state index in [0.717, 1.165) is 10.8 Å². The van der Waals surface area contributed by atoms with Crippen molar-refractivity contribution in [2.24, 2.45) is 11.8 Å². The first-order chi connectivity index (χ1) is 21.2. The number of benzene rings is 2. The van der Waals surface area contributed by atoms with E-state index in [9.17, 15) is 24.3 Å². The van der Waals surface area contributed by atoms with Crippen LogP contribution in [0.4, 0.5) is 5.69 Å². The summed E-state index contributed by atoms with van der Waals surface area (Å²) in [4.78, 5) is 56.9. The number of allylic oxidation sites excluding steroid dienone is 1. The van der Waals surface area contributed by atoms with E-state index in [2.05, 4.69) is 34.4 Å². The van der Waals surface area contributed by atoms with Gasteiger partial charge in [0.25, 0.3) is 5.91 Å². The minimum Gasteiger partial charge on any atom is -0.460 e. The van der Waals surface area contributed by atoms with Crippen LogP contribution in [-0.2, 0) is 28.7 Å². The average Bonchev–Trinajstić information content (AvgIpc) is 3.60. The monoisotopic (exact) mass is 667 g/mol. The minimum atomic E-state index is -1.30. The fourth-order valence-electron chi connectivity index (χ4n) is 6.87. The third kappa shape index (κ3) is 5.68. The molecule has 2 aromatic rings. The number of esters is 1. The van der Waals surface area contributed by atoms with Crippen LogP contribution >= 0.6 is 15.9 Å². The number of ether oxygens (including phenoxy) is 2. The van der Waals surface area contributed by atoms with Crippen molar-refractivity contribution in [3.8, 4) is 0 Å². The Labute approximate surface area is 265 Å². The summed E-state index contributed by atoms with van der Waals surface area (Å²) in [6.45, 7) is 8.95. The number of likely N-dealkylation sites (tertiary alicyclic amines) is 1. The third-order valence-electron chi connectivity index (χ3n) is 8.74. The van der Waals surface area contributed by atoms with Gasteiger partial charge in [-0.15, -0.1) is 13.2 Å².